The molecule has 2 saturated carbocycles. The van der Waals surface area contributed by atoms with Gasteiger partial charge in [-0.05, 0) is 60.6 Å². The van der Waals surface area contributed by atoms with E-state index in [0.29, 0.717) is 29.2 Å². The quantitative estimate of drug-likeness (QED) is 0.617. The van der Waals surface area contributed by atoms with Gasteiger partial charge < -0.3 is 5.32 Å². The van der Waals surface area contributed by atoms with Crippen LogP contribution in [0.25, 0.3) is 0 Å². The van der Waals surface area contributed by atoms with Crippen molar-refractivity contribution in [1.29, 1.82) is 0 Å². The Morgan fingerprint density at radius 3 is 2.68 bits per heavy atom. The first-order valence-corrected chi connectivity index (χ1v) is 8.93. The van der Waals surface area contributed by atoms with Crippen molar-refractivity contribution in [2.45, 2.75) is 31.2 Å². The summed E-state index contributed by atoms with van der Waals surface area (Å²) < 4.78 is 14.5. The van der Waals surface area contributed by atoms with Crippen molar-refractivity contribution >= 4 is 11.4 Å². The molecule has 2 bridgehead atoms. The molecule has 25 heavy (non-hydrogen) atoms. The number of nitrogens with zero attached hydrogens (tertiary/aromatic N) is 1. The van der Waals surface area contributed by atoms with Gasteiger partial charge in [0.15, 0.2) is 0 Å². The van der Waals surface area contributed by atoms with Crippen LogP contribution in [0.4, 0.5) is 15.8 Å². The van der Waals surface area contributed by atoms with Gasteiger partial charge in [-0.15, -0.1) is 0 Å². The second-order valence-corrected chi connectivity index (χ2v) is 7.61. The molecule has 5 rings (SSSR count). The maximum Gasteiger partial charge on any atom is 0.269 e. The fourth-order valence-corrected chi connectivity index (χ4v) is 5.62. The van der Waals surface area contributed by atoms with E-state index in [2.05, 4.69) is 5.32 Å². The van der Waals surface area contributed by atoms with Gasteiger partial charge in [-0.25, -0.2) is 4.39 Å². The molecule has 0 radical (unpaired) electrons. The molecule has 1 N–H and O–H groups in total. The van der Waals surface area contributed by atoms with E-state index in [-0.39, 0.29) is 22.5 Å². The molecule has 4 nitrogen and oxygen atoms in total. The van der Waals surface area contributed by atoms with Crippen LogP contribution in [-0.2, 0) is 0 Å². The van der Waals surface area contributed by atoms with Crippen molar-refractivity contribution in [3.8, 4) is 0 Å². The maximum absolute atomic E-state index is 14.5. The largest absolute Gasteiger partial charge is 0.378 e. The molecular weight excluding hydrogens is 319 g/mol. The molecule has 0 unspecified atom stereocenters. The summed E-state index contributed by atoms with van der Waals surface area (Å²) in [7, 11) is 0. The molecule has 0 spiro atoms. The standard InChI is InChI=1S/C20H19FN2O2/c21-16-4-2-1-3-14(16)20-19-12-6-5-11(9-12)18(19)15-10-13(23(24)25)7-8-17(15)22-20/h1-4,7-8,10-12,18-20,22H,5-6,9H2/t11-,12-,18-,19+,20+/m0/s1. The topological polar surface area (TPSA) is 55.2 Å². The molecule has 0 amide bonds. The lowest BCUT2D eigenvalue weighted by atomic mass is 9.68. The third kappa shape index (κ3) is 2.11. The van der Waals surface area contributed by atoms with E-state index in [1.165, 1.54) is 25.0 Å². The van der Waals surface area contributed by atoms with Gasteiger partial charge in [0.25, 0.3) is 5.69 Å². The predicted octanol–water partition coefficient (Wildman–Crippen LogP) is 5.03. The molecule has 0 aromatic heterocycles. The molecule has 128 valence electrons. The number of anilines is 1. The summed E-state index contributed by atoms with van der Waals surface area (Å²) in [6, 6.07) is 12.0. The van der Waals surface area contributed by atoms with Crippen molar-refractivity contribution in [2.24, 2.45) is 17.8 Å². The number of fused-ring (bicyclic) bond motifs is 7. The van der Waals surface area contributed by atoms with Crippen molar-refractivity contribution in [3.63, 3.8) is 0 Å². The van der Waals surface area contributed by atoms with Crippen molar-refractivity contribution in [2.75, 3.05) is 5.32 Å². The number of nitro benzene ring substituents is 1. The molecular formula is C20H19FN2O2. The zero-order valence-electron chi connectivity index (χ0n) is 13.7. The van der Waals surface area contributed by atoms with Crippen LogP contribution in [0.1, 0.15) is 42.3 Å². The predicted molar refractivity (Wildman–Crippen MR) is 92.9 cm³/mol. The summed E-state index contributed by atoms with van der Waals surface area (Å²) in [6.45, 7) is 0. The molecule has 2 fully saturated rings. The lowest BCUT2D eigenvalue weighted by molar-refractivity contribution is -0.384. The van der Waals surface area contributed by atoms with Gasteiger partial charge in [0.05, 0.1) is 11.0 Å². The molecule has 3 aliphatic rings. The molecule has 0 saturated heterocycles. The van der Waals surface area contributed by atoms with Gasteiger partial charge in [-0.1, -0.05) is 18.2 Å². The third-order valence-electron chi connectivity index (χ3n) is 6.52. The first-order valence-electron chi connectivity index (χ1n) is 8.93. The van der Waals surface area contributed by atoms with Gasteiger partial charge in [0, 0.05) is 23.4 Å². The maximum atomic E-state index is 14.5. The Kier molecular flexibility index (Phi) is 3.14. The van der Waals surface area contributed by atoms with Crippen LogP contribution in [0.2, 0.25) is 0 Å². The average molecular weight is 338 g/mol. The highest BCUT2D eigenvalue weighted by Gasteiger charge is 2.54. The second-order valence-electron chi connectivity index (χ2n) is 7.61. The SMILES string of the molecule is O=[N+]([O-])c1ccc2c(c1)[C@@H]1[C@H]3CC[C@@H](C3)[C@H]1[C@@H](c1ccccc1F)N2. The highest BCUT2D eigenvalue weighted by Crippen LogP contribution is 2.64. The van der Waals surface area contributed by atoms with Gasteiger partial charge in [0.2, 0.25) is 0 Å². The third-order valence-corrected chi connectivity index (χ3v) is 6.52. The molecule has 5 atom stereocenters. The monoisotopic (exact) mass is 338 g/mol. The number of hydrogen-bond donors (Lipinski definition) is 1. The zero-order chi connectivity index (χ0) is 17.1. The van der Waals surface area contributed by atoms with Crippen LogP contribution in [0, 0.1) is 33.7 Å². The molecule has 2 aromatic carbocycles. The van der Waals surface area contributed by atoms with Crippen LogP contribution in [0.3, 0.4) is 0 Å². The number of nitrogens with one attached hydrogen (secondary N) is 1. The zero-order valence-corrected chi connectivity index (χ0v) is 13.7. The number of non-ortho nitro benzene ring substituents is 1. The van der Waals surface area contributed by atoms with Gasteiger partial charge >= 0.3 is 0 Å². The summed E-state index contributed by atoms with van der Waals surface area (Å²) in [5.74, 6) is 1.56. The molecule has 1 heterocycles. The fourth-order valence-electron chi connectivity index (χ4n) is 5.62. The lowest BCUT2D eigenvalue weighted by Gasteiger charge is -2.43. The second kappa shape index (κ2) is 5.28. The highest BCUT2D eigenvalue weighted by atomic mass is 19.1. The highest BCUT2D eigenvalue weighted by molar-refractivity contribution is 5.62. The Hall–Kier alpha value is -2.43. The van der Waals surface area contributed by atoms with E-state index in [1.54, 1.807) is 18.2 Å². The Labute approximate surface area is 145 Å². The van der Waals surface area contributed by atoms with Crippen molar-refractivity contribution in [3.05, 3.63) is 69.5 Å². The smallest absolute Gasteiger partial charge is 0.269 e. The van der Waals surface area contributed by atoms with E-state index in [1.807, 2.05) is 12.1 Å². The van der Waals surface area contributed by atoms with E-state index < -0.39 is 0 Å². The van der Waals surface area contributed by atoms with Crippen LogP contribution in [-0.4, -0.2) is 4.92 Å². The van der Waals surface area contributed by atoms with E-state index in [9.17, 15) is 14.5 Å². The minimum atomic E-state index is -0.328. The molecule has 1 aliphatic heterocycles. The fraction of sp³-hybridized carbons (Fsp3) is 0.400. The van der Waals surface area contributed by atoms with E-state index >= 15 is 0 Å². The van der Waals surface area contributed by atoms with Gasteiger partial charge in [-0.3, -0.25) is 10.1 Å². The summed E-state index contributed by atoms with van der Waals surface area (Å²) in [6.07, 6.45) is 3.52. The average Bonchev–Trinajstić information content (AvgIpc) is 3.23. The van der Waals surface area contributed by atoms with Crippen molar-refractivity contribution < 1.29 is 9.31 Å². The Balaban J connectivity index is 1.65. The van der Waals surface area contributed by atoms with Gasteiger partial charge in [-0.2, -0.15) is 0 Å². The number of hydrogen-bond acceptors (Lipinski definition) is 3. The van der Waals surface area contributed by atoms with Crippen LogP contribution < -0.4 is 5.32 Å². The summed E-state index contributed by atoms with van der Waals surface area (Å²) in [4.78, 5) is 10.9. The van der Waals surface area contributed by atoms with Gasteiger partial charge in [0.1, 0.15) is 5.82 Å². The summed E-state index contributed by atoms with van der Waals surface area (Å²) in [5.41, 5.74) is 2.84. The van der Waals surface area contributed by atoms with Crippen molar-refractivity contribution in [1.82, 2.24) is 0 Å². The summed E-state index contributed by atoms with van der Waals surface area (Å²) in [5, 5.41) is 14.7. The number of rotatable bonds is 2. The number of halogens is 1. The number of nitro groups is 1. The Bertz CT molecular complexity index is 869. The van der Waals surface area contributed by atoms with E-state index in [0.717, 1.165) is 17.7 Å². The normalized spacial score (nSPS) is 32.0. The Morgan fingerprint density at radius 2 is 1.88 bits per heavy atom. The lowest BCUT2D eigenvalue weighted by Crippen LogP contribution is -2.35. The number of benzene rings is 2. The molecule has 2 aromatic rings. The van der Waals surface area contributed by atoms with Crippen LogP contribution in [0.15, 0.2) is 42.5 Å². The first kappa shape index (κ1) is 14.9. The minimum Gasteiger partial charge on any atom is -0.378 e. The van der Waals surface area contributed by atoms with E-state index in [4.69, 9.17) is 0 Å². The van der Waals surface area contributed by atoms with Crippen LogP contribution in [0.5, 0.6) is 0 Å². The minimum absolute atomic E-state index is 0.0598. The molecule has 5 heteroatoms. The summed E-state index contributed by atoms with van der Waals surface area (Å²) >= 11 is 0. The first-order chi connectivity index (χ1) is 12.1. The molecule has 2 aliphatic carbocycles. The van der Waals surface area contributed by atoms with Crippen LogP contribution >= 0.6 is 0 Å². The Morgan fingerprint density at radius 1 is 1.08 bits per heavy atom.